The number of carbonyl (C=O) groups is 2. The standard InChI is InChI=1S/C29H52O9/c1-11-22-29(8,34)25(31)18(5)24(30)16(3)13-20(35-9)12-15(2)23(17(4)27(33)38-22)21-14-28(7,36-10)26(32)19(6)37-21/h15-23,25-26,31-32,34H,11-14H2,1-10H3/t15-,16-,17-,18+,19+,20+,21?,22-,23+,25?,26+,28-,29-/m1/s1. The molecule has 38 heavy (non-hydrogen) atoms. The van der Waals surface area contributed by atoms with E-state index in [2.05, 4.69) is 0 Å². The van der Waals surface area contributed by atoms with Crippen LogP contribution in [0.25, 0.3) is 0 Å². The highest BCUT2D eigenvalue weighted by atomic mass is 16.6. The van der Waals surface area contributed by atoms with Crippen molar-refractivity contribution >= 4 is 11.8 Å². The molecule has 0 bridgehead atoms. The number of carbonyl (C=O) groups excluding carboxylic acids is 2. The molecule has 0 aliphatic carbocycles. The van der Waals surface area contributed by atoms with E-state index in [9.17, 15) is 24.9 Å². The van der Waals surface area contributed by atoms with Crippen LogP contribution in [0.1, 0.15) is 81.1 Å². The Morgan fingerprint density at radius 3 is 2.11 bits per heavy atom. The molecular formula is C29H52O9. The molecule has 9 heteroatoms. The minimum absolute atomic E-state index is 0.0788. The van der Waals surface area contributed by atoms with Crippen LogP contribution in [-0.2, 0) is 28.5 Å². The van der Waals surface area contributed by atoms with Crippen LogP contribution < -0.4 is 0 Å². The van der Waals surface area contributed by atoms with Crippen molar-refractivity contribution in [3.8, 4) is 0 Å². The lowest BCUT2D eigenvalue weighted by Crippen LogP contribution is -2.59. The number of methoxy groups -OCH3 is 2. The Balaban J connectivity index is 2.55. The van der Waals surface area contributed by atoms with Crippen molar-refractivity contribution < 1.29 is 43.9 Å². The van der Waals surface area contributed by atoms with Gasteiger partial charge < -0.3 is 34.3 Å². The molecule has 0 saturated carbocycles. The number of cyclic esters (lactones) is 1. The van der Waals surface area contributed by atoms with Crippen LogP contribution in [0.2, 0.25) is 0 Å². The highest BCUT2D eigenvalue weighted by Gasteiger charge is 2.51. The minimum Gasteiger partial charge on any atom is -0.459 e. The fourth-order valence-corrected chi connectivity index (χ4v) is 6.72. The van der Waals surface area contributed by atoms with Crippen molar-refractivity contribution in [2.45, 2.75) is 129 Å². The van der Waals surface area contributed by atoms with Gasteiger partial charge in [-0.25, -0.2) is 0 Å². The summed E-state index contributed by atoms with van der Waals surface area (Å²) in [6.07, 6.45) is -2.83. The summed E-state index contributed by atoms with van der Waals surface area (Å²) >= 11 is 0. The van der Waals surface area contributed by atoms with Gasteiger partial charge in [-0.15, -0.1) is 0 Å². The number of rotatable bonds is 4. The Hall–Kier alpha value is -1.10. The second-order valence-corrected chi connectivity index (χ2v) is 12.3. The molecule has 2 aliphatic rings. The van der Waals surface area contributed by atoms with E-state index in [0.717, 1.165) is 0 Å². The minimum atomic E-state index is -1.83. The Labute approximate surface area is 228 Å². The van der Waals surface area contributed by atoms with Crippen LogP contribution in [0.5, 0.6) is 0 Å². The number of esters is 1. The van der Waals surface area contributed by atoms with Crippen molar-refractivity contribution in [2.75, 3.05) is 14.2 Å². The fraction of sp³-hybridized carbons (Fsp3) is 0.931. The molecule has 2 aliphatic heterocycles. The smallest absolute Gasteiger partial charge is 0.309 e. The predicted molar refractivity (Wildman–Crippen MR) is 142 cm³/mol. The summed E-state index contributed by atoms with van der Waals surface area (Å²) in [6.45, 7) is 14.1. The normalized spacial score (nSPS) is 48.3. The molecule has 0 aromatic heterocycles. The third-order valence-electron chi connectivity index (χ3n) is 9.44. The topological polar surface area (TPSA) is 132 Å². The van der Waals surface area contributed by atoms with E-state index in [4.69, 9.17) is 18.9 Å². The predicted octanol–water partition coefficient (Wildman–Crippen LogP) is 2.90. The van der Waals surface area contributed by atoms with Crippen LogP contribution in [0.4, 0.5) is 0 Å². The second-order valence-electron chi connectivity index (χ2n) is 12.3. The maximum absolute atomic E-state index is 13.6. The maximum Gasteiger partial charge on any atom is 0.309 e. The third kappa shape index (κ3) is 6.78. The van der Waals surface area contributed by atoms with Crippen LogP contribution in [0.15, 0.2) is 0 Å². The molecule has 2 fully saturated rings. The van der Waals surface area contributed by atoms with Gasteiger partial charge >= 0.3 is 5.97 Å². The van der Waals surface area contributed by atoms with Crippen LogP contribution in [0, 0.1) is 29.6 Å². The van der Waals surface area contributed by atoms with Gasteiger partial charge in [0.15, 0.2) is 0 Å². The average molecular weight is 545 g/mol. The SMILES string of the molecule is CC[C@H]1OC(=O)[C@H](C)[C@@H](C2C[C@@](C)(OC)[C@@H](O)[C@H](C)O2)[C@H](C)C[C@H](OC)C[C@@H](C)C(=O)[C@H](C)C(O)[C@]1(C)O. The summed E-state index contributed by atoms with van der Waals surface area (Å²) in [5, 5.41) is 33.2. The summed E-state index contributed by atoms with van der Waals surface area (Å²) in [5.74, 6) is -2.99. The quantitative estimate of drug-likeness (QED) is 0.457. The van der Waals surface area contributed by atoms with E-state index in [-0.39, 0.29) is 30.1 Å². The molecule has 2 heterocycles. The van der Waals surface area contributed by atoms with Crippen molar-refractivity contribution in [3.63, 3.8) is 0 Å². The van der Waals surface area contributed by atoms with E-state index >= 15 is 0 Å². The van der Waals surface area contributed by atoms with E-state index in [1.54, 1.807) is 41.9 Å². The molecule has 13 atom stereocenters. The van der Waals surface area contributed by atoms with Crippen LogP contribution in [-0.4, -0.2) is 89.1 Å². The number of aliphatic hydroxyl groups excluding tert-OH is 2. The van der Waals surface area contributed by atoms with E-state index in [0.29, 0.717) is 19.3 Å². The highest BCUT2D eigenvalue weighted by molar-refractivity contribution is 5.83. The van der Waals surface area contributed by atoms with Gasteiger partial charge in [0, 0.05) is 38.4 Å². The first-order valence-corrected chi connectivity index (χ1v) is 14.1. The Bertz CT molecular complexity index is 801. The summed E-state index contributed by atoms with van der Waals surface area (Å²) in [4.78, 5) is 26.9. The largest absolute Gasteiger partial charge is 0.459 e. The third-order valence-corrected chi connectivity index (χ3v) is 9.44. The number of ketones is 1. The summed E-state index contributed by atoms with van der Waals surface area (Å²) in [7, 11) is 3.17. The maximum atomic E-state index is 13.6. The molecule has 2 saturated heterocycles. The Morgan fingerprint density at radius 2 is 1.58 bits per heavy atom. The number of hydrogen-bond acceptors (Lipinski definition) is 9. The average Bonchev–Trinajstić information content (AvgIpc) is 2.87. The monoisotopic (exact) mass is 544 g/mol. The molecule has 9 nitrogen and oxygen atoms in total. The van der Waals surface area contributed by atoms with E-state index < -0.39 is 65.4 Å². The molecule has 0 spiro atoms. The molecule has 0 radical (unpaired) electrons. The zero-order valence-corrected chi connectivity index (χ0v) is 25.0. The van der Waals surface area contributed by atoms with Gasteiger partial charge in [-0.1, -0.05) is 34.6 Å². The Morgan fingerprint density at radius 1 is 0.974 bits per heavy atom. The van der Waals surface area contributed by atoms with Gasteiger partial charge in [-0.05, 0) is 46.0 Å². The van der Waals surface area contributed by atoms with Crippen LogP contribution >= 0.6 is 0 Å². The first-order chi connectivity index (χ1) is 17.5. The van der Waals surface area contributed by atoms with Gasteiger partial charge in [0.2, 0.25) is 0 Å². The first-order valence-electron chi connectivity index (χ1n) is 14.1. The lowest BCUT2D eigenvalue weighted by molar-refractivity contribution is -0.234. The van der Waals surface area contributed by atoms with Crippen LogP contribution in [0.3, 0.4) is 0 Å². The number of aliphatic hydroxyl groups is 3. The zero-order chi connectivity index (χ0) is 29.2. The number of Topliss-reactive ketones (excluding diaryl/α,β-unsaturated/α-hetero) is 1. The van der Waals surface area contributed by atoms with Crippen molar-refractivity contribution in [3.05, 3.63) is 0 Å². The summed E-state index contributed by atoms with van der Waals surface area (Å²) in [5.41, 5.74) is -2.69. The molecular weight excluding hydrogens is 492 g/mol. The van der Waals surface area contributed by atoms with Gasteiger partial charge in [0.25, 0.3) is 0 Å². The van der Waals surface area contributed by atoms with Gasteiger partial charge in [-0.3, -0.25) is 9.59 Å². The zero-order valence-electron chi connectivity index (χ0n) is 25.0. The number of ether oxygens (including phenoxy) is 4. The highest BCUT2D eigenvalue weighted by Crippen LogP contribution is 2.42. The lowest BCUT2D eigenvalue weighted by atomic mass is 9.71. The van der Waals surface area contributed by atoms with Crippen molar-refractivity contribution in [2.24, 2.45) is 29.6 Å². The molecule has 222 valence electrons. The summed E-state index contributed by atoms with van der Waals surface area (Å²) < 4.78 is 23.7. The molecule has 0 aromatic rings. The first kappa shape index (κ1) is 33.1. The van der Waals surface area contributed by atoms with Gasteiger partial charge in [0.1, 0.15) is 23.6 Å². The van der Waals surface area contributed by atoms with E-state index in [1.165, 1.54) is 6.92 Å². The molecule has 0 aromatic carbocycles. The number of hydrogen-bond donors (Lipinski definition) is 3. The molecule has 2 rings (SSSR count). The van der Waals surface area contributed by atoms with Crippen molar-refractivity contribution in [1.82, 2.24) is 0 Å². The van der Waals surface area contributed by atoms with Gasteiger partial charge in [0.05, 0.1) is 35.9 Å². The fourth-order valence-electron chi connectivity index (χ4n) is 6.72. The molecule has 3 N–H and O–H groups in total. The lowest BCUT2D eigenvalue weighted by Gasteiger charge is -2.49. The van der Waals surface area contributed by atoms with Crippen molar-refractivity contribution in [1.29, 1.82) is 0 Å². The Kier molecular flexibility index (Phi) is 11.4. The van der Waals surface area contributed by atoms with E-state index in [1.807, 2.05) is 20.8 Å². The summed E-state index contributed by atoms with van der Waals surface area (Å²) in [6, 6.07) is 0. The molecule has 0 amide bonds. The van der Waals surface area contributed by atoms with Gasteiger partial charge in [-0.2, -0.15) is 0 Å². The molecule has 2 unspecified atom stereocenters. The second kappa shape index (κ2) is 13.0.